The monoisotopic (exact) mass is 565 g/mol. The van der Waals surface area contributed by atoms with Crippen molar-refractivity contribution in [2.45, 2.75) is 31.5 Å². The summed E-state index contributed by atoms with van der Waals surface area (Å²) >= 11 is 3.32. The number of hydrogen-bond acceptors (Lipinski definition) is 8. The van der Waals surface area contributed by atoms with Gasteiger partial charge in [0.15, 0.2) is 11.5 Å². The third-order valence-corrected chi connectivity index (χ3v) is 7.57. The summed E-state index contributed by atoms with van der Waals surface area (Å²) in [5.41, 5.74) is 7.46. The molecule has 37 heavy (non-hydrogen) atoms. The summed E-state index contributed by atoms with van der Waals surface area (Å²) in [6, 6.07) is 8.39. The number of pyridine rings is 1. The molecule has 1 aliphatic heterocycles. The summed E-state index contributed by atoms with van der Waals surface area (Å²) in [6.45, 7) is -0.0198. The second-order valence-electron chi connectivity index (χ2n) is 9.22. The molecule has 3 N–H and O–H groups in total. The maximum Gasteiger partial charge on any atom is 0.248 e. The average Bonchev–Trinajstić information content (AvgIpc) is 3.44. The molecule has 4 aromatic rings. The summed E-state index contributed by atoms with van der Waals surface area (Å²) in [5.74, 6) is 1.70. The van der Waals surface area contributed by atoms with E-state index in [0.717, 1.165) is 11.8 Å². The Morgan fingerprint density at radius 3 is 2.70 bits per heavy atom. The molecule has 1 saturated heterocycles. The second kappa shape index (κ2) is 8.87. The summed E-state index contributed by atoms with van der Waals surface area (Å²) in [4.78, 5) is 41.6. The van der Waals surface area contributed by atoms with Gasteiger partial charge in [-0.15, -0.1) is 0 Å². The molecule has 0 unspecified atom stereocenters. The third-order valence-electron chi connectivity index (χ3n) is 7.13. The highest BCUT2D eigenvalue weighted by Crippen LogP contribution is 2.48. The van der Waals surface area contributed by atoms with E-state index in [9.17, 15) is 9.59 Å². The van der Waals surface area contributed by atoms with Crippen LogP contribution >= 0.6 is 15.9 Å². The number of anilines is 2. The number of hydrogen-bond donors (Lipinski definition) is 2. The van der Waals surface area contributed by atoms with Crippen LogP contribution in [0.1, 0.15) is 12.8 Å². The van der Waals surface area contributed by atoms with E-state index in [1.807, 2.05) is 6.07 Å². The van der Waals surface area contributed by atoms with Gasteiger partial charge in [0.2, 0.25) is 11.8 Å². The van der Waals surface area contributed by atoms with Gasteiger partial charge in [0.25, 0.3) is 0 Å². The van der Waals surface area contributed by atoms with E-state index in [2.05, 4.69) is 36.2 Å². The van der Waals surface area contributed by atoms with Crippen LogP contribution in [0.5, 0.6) is 11.5 Å². The van der Waals surface area contributed by atoms with Gasteiger partial charge in [0, 0.05) is 17.5 Å². The highest BCUT2D eigenvalue weighted by Gasteiger charge is 2.56. The number of fused-ring (bicyclic) bond motifs is 4. The molecule has 1 saturated carbocycles. The quantitative estimate of drug-likeness (QED) is 0.340. The molecule has 2 fully saturated rings. The minimum absolute atomic E-state index is 0.0198. The lowest BCUT2D eigenvalue weighted by molar-refractivity contribution is -0.138. The number of halogens is 1. The van der Waals surface area contributed by atoms with Crippen LogP contribution in [-0.4, -0.2) is 62.5 Å². The smallest absolute Gasteiger partial charge is 0.248 e. The van der Waals surface area contributed by atoms with Crippen molar-refractivity contribution in [1.29, 1.82) is 0 Å². The highest BCUT2D eigenvalue weighted by molar-refractivity contribution is 9.10. The number of benzene rings is 1. The van der Waals surface area contributed by atoms with Gasteiger partial charge in [-0.2, -0.15) is 0 Å². The predicted octanol–water partition coefficient (Wildman–Crippen LogP) is 2.97. The lowest BCUT2D eigenvalue weighted by atomic mass is 10.1. The Kier molecular flexibility index (Phi) is 5.63. The van der Waals surface area contributed by atoms with Crippen LogP contribution in [0, 0.1) is 5.92 Å². The molecule has 11 nitrogen and oxygen atoms in total. The molecule has 1 aromatic carbocycles. The third kappa shape index (κ3) is 3.91. The molecule has 12 heteroatoms. The number of methoxy groups -OCH3 is 2. The number of carbonyl (C=O) groups is 2. The molecule has 3 aromatic heterocycles. The van der Waals surface area contributed by atoms with E-state index in [4.69, 9.17) is 15.2 Å². The number of rotatable bonds is 6. The predicted molar refractivity (Wildman–Crippen MR) is 140 cm³/mol. The van der Waals surface area contributed by atoms with Crippen LogP contribution in [-0.2, 0) is 16.1 Å². The number of nitrogens with zero attached hydrogens (tertiary/aromatic N) is 5. The van der Waals surface area contributed by atoms with Gasteiger partial charge >= 0.3 is 0 Å². The molecule has 2 aliphatic rings. The summed E-state index contributed by atoms with van der Waals surface area (Å²) < 4.78 is 13.4. The van der Waals surface area contributed by atoms with E-state index >= 15 is 0 Å². The normalized spacial score (nSPS) is 20.2. The van der Waals surface area contributed by atoms with Gasteiger partial charge in [-0.25, -0.2) is 15.0 Å². The number of likely N-dealkylation sites (tertiary alicyclic amines) is 1. The first-order valence-corrected chi connectivity index (χ1v) is 12.6. The van der Waals surface area contributed by atoms with Crippen molar-refractivity contribution in [3.63, 3.8) is 0 Å². The number of nitrogen functional groups attached to an aromatic ring is 1. The first-order valence-electron chi connectivity index (χ1n) is 11.8. The molecular weight excluding hydrogens is 542 g/mol. The zero-order chi connectivity index (χ0) is 25.8. The van der Waals surface area contributed by atoms with Gasteiger partial charge < -0.3 is 30.0 Å². The van der Waals surface area contributed by atoms with Gasteiger partial charge in [-0.1, -0.05) is 6.07 Å². The van der Waals surface area contributed by atoms with Gasteiger partial charge in [-0.3, -0.25) is 9.59 Å². The standard InChI is InChI=1S/C25H24BrN7O4/c1-36-17-8-13-15(9-18(17)37-2)32(24-22(13)23(27)28-11-29-24)10-21(34)33-14-6-12(14)7-16(33)25(35)31-20-5-3-4-19(26)30-20/h3-5,8-9,11-12,14,16H,6-7,10H2,1-2H3,(H2,27,28,29)(H,30,31,35)/t12-,14-,16+/m1/s1. The molecular formula is C25H24BrN7O4. The van der Waals surface area contributed by atoms with Gasteiger partial charge in [0.1, 0.15) is 40.8 Å². The minimum Gasteiger partial charge on any atom is -0.493 e. The zero-order valence-corrected chi connectivity index (χ0v) is 21.7. The number of amides is 2. The zero-order valence-electron chi connectivity index (χ0n) is 20.1. The molecule has 1 aliphatic carbocycles. The Bertz CT molecular complexity index is 1570. The number of piperidine rings is 1. The molecule has 3 atom stereocenters. The number of carbonyl (C=O) groups excluding carboxylic acids is 2. The first kappa shape index (κ1) is 23.5. The second-order valence-corrected chi connectivity index (χ2v) is 10.0. The Labute approximate surface area is 220 Å². The van der Waals surface area contributed by atoms with Crippen LogP contribution in [0.4, 0.5) is 11.6 Å². The molecule has 190 valence electrons. The van der Waals surface area contributed by atoms with Crippen LogP contribution in [0.3, 0.4) is 0 Å². The molecule has 0 bridgehead atoms. The van der Waals surface area contributed by atoms with E-state index in [0.29, 0.717) is 56.6 Å². The summed E-state index contributed by atoms with van der Waals surface area (Å²) in [5, 5.41) is 4.24. The number of nitrogens with two attached hydrogens (primary N) is 1. The Morgan fingerprint density at radius 1 is 1.16 bits per heavy atom. The van der Waals surface area contributed by atoms with Crippen LogP contribution in [0.2, 0.25) is 0 Å². The largest absolute Gasteiger partial charge is 0.493 e. The van der Waals surface area contributed by atoms with Gasteiger partial charge in [-0.05, 0) is 52.9 Å². The Morgan fingerprint density at radius 2 is 1.95 bits per heavy atom. The minimum atomic E-state index is -0.570. The molecule has 4 heterocycles. The molecule has 2 amide bonds. The number of ether oxygens (including phenoxy) is 2. The Hall–Kier alpha value is -3.93. The maximum absolute atomic E-state index is 13.8. The lowest BCUT2D eigenvalue weighted by Gasteiger charge is -2.27. The fraction of sp³-hybridized carbons (Fsp3) is 0.320. The number of nitrogens with one attached hydrogen (secondary N) is 1. The fourth-order valence-electron chi connectivity index (χ4n) is 5.37. The molecule has 0 radical (unpaired) electrons. The van der Waals surface area contributed by atoms with Crippen molar-refractivity contribution >= 4 is 61.3 Å². The van der Waals surface area contributed by atoms with Crippen molar-refractivity contribution in [3.05, 3.63) is 41.3 Å². The van der Waals surface area contributed by atoms with Crippen molar-refractivity contribution in [2.24, 2.45) is 5.92 Å². The van der Waals surface area contributed by atoms with E-state index in [1.165, 1.54) is 6.33 Å². The van der Waals surface area contributed by atoms with Crippen LogP contribution in [0.25, 0.3) is 21.9 Å². The maximum atomic E-state index is 13.8. The number of aromatic nitrogens is 4. The molecule has 0 spiro atoms. The summed E-state index contributed by atoms with van der Waals surface area (Å²) in [7, 11) is 3.11. The van der Waals surface area contributed by atoms with E-state index in [-0.39, 0.29) is 24.4 Å². The fourth-order valence-corrected chi connectivity index (χ4v) is 5.72. The average molecular weight is 566 g/mol. The van der Waals surface area contributed by atoms with Crippen molar-refractivity contribution in [1.82, 2.24) is 24.4 Å². The molecule has 6 rings (SSSR count). The van der Waals surface area contributed by atoms with Crippen molar-refractivity contribution in [2.75, 3.05) is 25.3 Å². The van der Waals surface area contributed by atoms with Crippen LogP contribution < -0.4 is 20.5 Å². The van der Waals surface area contributed by atoms with E-state index < -0.39 is 6.04 Å². The lowest BCUT2D eigenvalue weighted by Crippen LogP contribution is -2.46. The summed E-state index contributed by atoms with van der Waals surface area (Å²) in [6.07, 6.45) is 2.90. The van der Waals surface area contributed by atoms with Gasteiger partial charge in [0.05, 0.1) is 25.1 Å². The SMILES string of the molecule is COc1cc2c3c(N)ncnc3n(CC(=O)N3[C@@H]4C[C@@H]4C[C@H]3C(=O)Nc3cccc(Br)n3)c2cc1OC. The topological polar surface area (TPSA) is 137 Å². The van der Waals surface area contributed by atoms with Crippen molar-refractivity contribution in [3.8, 4) is 11.5 Å². The van der Waals surface area contributed by atoms with E-state index in [1.54, 1.807) is 48.0 Å². The first-order chi connectivity index (χ1) is 17.9. The van der Waals surface area contributed by atoms with Crippen LogP contribution in [0.15, 0.2) is 41.3 Å². The van der Waals surface area contributed by atoms with Crippen molar-refractivity contribution < 1.29 is 19.1 Å². The highest BCUT2D eigenvalue weighted by atomic mass is 79.9. The Balaban J connectivity index is 1.36.